The first-order valence-corrected chi connectivity index (χ1v) is 10.9. The van der Waals surface area contributed by atoms with E-state index >= 15 is 0 Å². The molecule has 11 heteroatoms. The van der Waals surface area contributed by atoms with E-state index in [-0.39, 0.29) is 23.2 Å². The summed E-state index contributed by atoms with van der Waals surface area (Å²) >= 11 is 0. The molecule has 1 aromatic rings. The van der Waals surface area contributed by atoms with Crippen LogP contribution in [0.3, 0.4) is 0 Å². The largest absolute Gasteiger partial charge is 0.340 e. The number of carbonyl (C=O) groups is 1. The lowest BCUT2D eigenvalue weighted by Crippen LogP contribution is -2.50. The molecule has 160 valence electrons. The Morgan fingerprint density at radius 1 is 1.25 bits per heavy atom. The highest BCUT2D eigenvalue weighted by Crippen LogP contribution is 2.20. The first-order valence-electron chi connectivity index (χ1n) is 9.47. The maximum atomic E-state index is 12.8. The average molecular weight is 435 g/mol. The van der Waals surface area contributed by atoms with E-state index in [0.29, 0.717) is 30.5 Å². The van der Waals surface area contributed by atoms with E-state index in [2.05, 4.69) is 20.0 Å². The maximum absolute atomic E-state index is 12.8. The summed E-state index contributed by atoms with van der Waals surface area (Å²) in [6.45, 7) is 10.3. The second kappa shape index (κ2) is 9.08. The summed E-state index contributed by atoms with van der Waals surface area (Å²) < 4.78 is 29.6. The van der Waals surface area contributed by atoms with Crippen molar-refractivity contribution in [2.45, 2.75) is 44.2 Å². The molecular formula is C17H31ClN6O3S. The number of hydrogen-bond acceptors (Lipinski definition) is 6. The second-order valence-electron chi connectivity index (χ2n) is 7.48. The topological polar surface area (TPSA) is 99.6 Å². The predicted molar refractivity (Wildman–Crippen MR) is 109 cm³/mol. The minimum atomic E-state index is -3.81. The van der Waals surface area contributed by atoms with Gasteiger partial charge in [0.15, 0.2) is 0 Å². The molecule has 0 spiro atoms. The van der Waals surface area contributed by atoms with Crippen molar-refractivity contribution >= 4 is 28.3 Å². The Hall–Kier alpha value is -1.20. The van der Waals surface area contributed by atoms with Crippen molar-refractivity contribution in [1.82, 2.24) is 29.6 Å². The maximum Gasteiger partial charge on any atom is 0.244 e. The molecule has 2 N–H and O–H groups in total. The number of nitrogens with zero attached hydrogens (tertiary/aromatic N) is 4. The number of aromatic nitrogens is 2. The second-order valence-corrected chi connectivity index (χ2v) is 9.13. The van der Waals surface area contributed by atoms with Crippen LogP contribution in [0.5, 0.6) is 0 Å². The van der Waals surface area contributed by atoms with E-state index in [1.54, 1.807) is 32.7 Å². The molecular weight excluding hydrogens is 404 g/mol. The van der Waals surface area contributed by atoms with Gasteiger partial charge in [-0.05, 0) is 27.2 Å². The molecule has 0 bridgehead atoms. The van der Waals surface area contributed by atoms with Gasteiger partial charge in [0.2, 0.25) is 15.9 Å². The zero-order chi connectivity index (χ0) is 19.8. The number of likely N-dealkylation sites (tertiary alicyclic amines) is 1. The number of aryl methyl sites for hydroxylation is 2. The quantitative estimate of drug-likeness (QED) is 0.656. The summed E-state index contributed by atoms with van der Waals surface area (Å²) in [6.07, 6.45) is 0.937. The van der Waals surface area contributed by atoms with Crippen LogP contribution in [0.4, 0.5) is 0 Å². The van der Waals surface area contributed by atoms with Gasteiger partial charge in [-0.2, -0.15) is 9.82 Å². The molecule has 0 saturated carbocycles. The fraction of sp³-hybridized carbons (Fsp3) is 0.765. The summed E-state index contributed by atoms with van der Waals surface area (Å²) in [5.74, 6) is -0.171. The van der Waals surface area contributed by atoms with Gasteiger partial charge < -0.3 is 10.2 Å². The molecule has 2 saturated heterocycles. The van der Waals surface area contributed by atoms with Crippen LogP contribution < -0.4 is 10.0 Å². The van der Waals surface area contributed by atoms with Gasteiger partial charge in [0.25, 0.3) is 0 Å². The molecule has 2 aliphatic heterocycles. The summed E-state index contributed by atoms with van der Waals surface area (Å²) in [6, 6.07) is -0.446. The zero-order valence-electron chi connectivity index (χ0n) is 16.9. The third-order valence-electron chi connectivity index (χ3n) is 5.56. The van der Waals surface area contributed by atoms with Gasteiger partial charge in [0, 0.05) is 52.4 Å². The fourth-order valence-corrected chi connectivity index (χ4v) is 5.68. The van der Waals surface area contributed by atoms with Crippen LogP contribution in [-0.2, 0) is 21.9 Å². The molecule has 2 unspecified atom stereocenters. The molecule has 28 heavy (non-hydrogen) atoms. The number of carbonyl (C=O) groups excluding carboxylic acids is 1. The Kier molecular flexibility index (Phi) is 7.49. The van der Waals surface area contributed by atoms with E-state index in [0.717, 1.165) is 32.6 Å². The molecule has 9 nitrogen and oxygen atoms in total. The van der Waals surface area contributed by atoms with Crippen molar-refractivity contribution in [2.75, 3.05) is 39.3 Å². The highest BCUT2D eigenvalue weighted by Gasteiger charge is 2.35. The first-order chi connectivity index (χ1) is 12.7. The number of sulfonamides is 1. The zero-order valence-corrected chi connectivity index (χ0v) is 18.6. The lowest BCUT2D eigenvalue weighted by Gasteiger charge is -2.32. The smallest absolute Gasteiger partial charge is 0.244 e. The first kappa shape index (κ1) is 23.1. The number of halogens is 1. The van der Waals surface area contributed by atoms with Crippen LogP contribution in [0.15, 0.2) is 4.90 Å². The van der Waals surface area contributed by atoms with Crippen LogP contribution >= 0.6 is 12.4 Å². The van der Waals surface area contributed by atoms with Crippen LogP contribution in [0.1, 0.15) is 24.7 Å². The highest BCUT2D eigenvalue weighted by atomic mass is 35.5. The van der Waals surface area contributed by atoms with Crippen molar-refractivity contribution in [3.63, 3.8) is 0 Å². The molecule has 2 atom stereocenters. The Morgan fingerprint density at radius 3 is 2.46 bits per heavy atom. The van der Waals surface area contributed by atoms with E-state index in [1.165, 1.54) is 4.68 Å². The molecule has 1 amide bonds. The summed E-state index contributed by atoms with van der Waals surface area (Å²) in [7, 11) is -2.10. The lowest BCUT2D eigenvalue weighted by atomic mass is 10.2. The van der Waals surface area contributed by atoms with Gasteiger partial charge >= 0.3 is 0 Å². The van der Waals surface area contributed by atoms with E-state index in [1.807, 2.05) is 0 Å². The molecule has 0 radical (unpaired) electrons. The van der Waals surface area contributed by atoms with Crippen molar-refractivity contribution in [3.05, 3.63) is 11.4 Å². The standard InChI is InChI=1S/C17H30N6O3S.ClH/c1-12-16(14(3)21(4)19-12)27(25,26)20-13(2)17(24)23-8-5-15(11-23)22-9-6-18-7-10-22;/h13,15,18,20H,5-11H2,1-4H3;1H. The van der Waals surface area contributed by atoms with Crippen molar-refractivity contribution in [1.29, 1.82) is 0 Å². The van der Waals surface area contributed by atoms with Crippen molar-refractivity contribution in [3.8, 4) is 0 Å². The Morgan fingerprint density at radius 2 is 1.89 bits per heavy atom. The predicted octanol–water partition coefficient (Wildman–Crippen LogP) is -0.368. The van der Waals surface area contributed by atoms with Crippen LogP contribution in [0, 0.1) is 13.8 Å². The van der Waals surface area contributed by atoms with Gasteiger partial charge in [0.05, 0.1) is 17.4 Å². The fourth-order valence-electron chi connectivity index (χ4n) is 4.05. The molecule has 1 aromatic heterocycles. The van der Waals surface area contributed by atoms with Gasteiger partial charge in [0.1, 0.15) is 4.90 Å². The Bertz CT molecular complexity index is 806. The highest BCUT2D eigenvalue weighted by molar-refractivity contribution is 7.89. The number of nitrogens with one attached hydrogen (secondary N) is 2. The molecule has 3 heterocycles. The minimum Gasteiger partial charge on any atom is -0.340 e. The van der Waals surface area contributed by atoms with Crippen molar-refractivity contribution in [2.24, 2.45) is 7.05 Å². The number of piperazine rings is 1. The SMILES string of the molecule is Cc1nn(C)c(C)c1S(=O)(=O)NC(C)C(=O)N1CCC(N2CCNCC2)C1.Cl. The monoisotopic (exact) mass is 434 g/mol. The van der Waals surface area contributed by atoms with Gasteiger partial charge in [-0.1, -0.05) is 0 Å². The molecule has 2 aliphatic rings. The lowest BCUT2D eigenvalue weighted by molar-refractivity contribution is -0.131. The molecule has 3 rings (SSSR count). The number of rotatable bonds is 5. The third-order valence-corrected chi connectivity index (χ3v) is 7.35. The Balaban J connectivity index is 0.00000280. The normalized spacial score (nSPS) is 22.1. The Labute approximate surface area is 173 Å². The van der Waals surface area contributed by atoms with Crippen molar-refractivity contribution < 1.29 is 13.2 Å². The molecule has 0 aromatic carbocycles. The van der Waals surface area contributed by atoms with Crippen LogP contribution in [0.2, 0.25) is 0 Å². The summed E-state index contributed by atoms with van der Waals surface area (Å²) in [5, 5.41) is 7.50. The van der Waals surface area contributed by atoms with Crippen LogP contribution in [0.25, 0.3) is 0 Å². The van der Waals surface area contributed by atoms with E-state index in [9.17, 15) is 13.2 Å². The van der Waals surface area contributed by atoms with Gasteiger partial charge in [-0.25, -0.2) is 8.42 Å². The van der Waals surface area contributed by atoms with Crippen LogP contribution in [-0.4, -0.2) is 85.3 Å². The number of hydrogen-bond donors (Lipinski definition) is 2. The van der Waals surface area contributed by atoms with E-state index < -0.39 is 16.1 Å². The summed E-state index contributed by atoms with van der Waals surface area (Å²) in [4.78, 5) is 17.2. The van der Waals surface area contributed by atoms with Gasteiger partial charge in [-0.3, -0.25) is 14.4 Å². The van der Waals surface area contributed by atoms with E-state index in [4.69, 9.17) is 0 Å². The summed E-state index contributed by atoms with van der Waals surface area (Å²) in [5.41, 5.74) is 0.988. The molecule has 2 fully saturated rings. The minimum absolute atomic E-state index is 0. The molecule has 0 aliphatic carbocycles. The van der Waals surface area contributed by atoms with Gasteiger partial charge in [-0.15, -0.1) is 12.4 Å². The number of amides is 1. The third kappa shape index (κ3) is 4.68. The average Bonchev–Trinajstić information content (AvgIpc) is 3.20.